The maximum absolute atomic E-state index is 11.1. The van der Waals surface area contributed by atoms with Gasteiger partial charge in [-0.2, -0.15) is 17.9 Å². The molecule has 0 fully saturated rings. The van der Waals surface area contributed by atoms with Gasteiger partial charge < -0.3 is 0 Å². The van der Waals surface area contributed by atoms with Crippen molar-refractivity contribution in [3.05, 3.63) is 34.3 Å². The van der Waals surface area contributed by atoms with Crippen LogP contribution in [0, 0.1) is 11.3 Å². The molecular weight excluding hydrogens is 218 g/mol. The summed E-state index contributed by atoms with van der Waals surface area (Å²) in [4.78, 5) is 11.1. The van der Waals surface area contributed by atoms with Crippen molar-refractivity contribution in [1.82, 2.24) is 0 Å². The number of Topliss-reactive ketones (excluding diaryl/α,β-unsaturated/α-hetero) is 1. The molecule has 0 saturated heterocycles. The van der Waals surface area contributed by atoms with Crippen molar-refractivity contribution in [2.24, 2.45) is 0 Å². The van der Waals surface area contributed by atoms with Crippen LogP contribution in [0.1, 0.15) is 11.1 Å². The topological polar surface area (TPSA) is 40.9 Å². The van der Waals surface area contributed by atoms with Crippen molar-refractivity contribution >= 4 is 30.0 Å². The normalized spacial score (nSPS) is 9.50. The molecule has 0 aliphatic heterocycles. The Balaban J connectivity index is 2.88. The Labute approximate surface area is 92.9 Å². The fourth-order valence-corrected chi connectivity index (χ4v) is 1.40. The van der Waals surface area contributed by atoms with Crippen LogP contribution < -0.4 is 0 Å². The number of benzene rings is 1. The van der Waals surface area contributed by atoms with Gasteiger partial charge in [-0.1, -0.05) is 17.7 Å². The summed E-state index contributed by atoms with van der Waals surface area (Å²) in [5, 5.41) is 9.01. The second-order valence-electron chi connectivity index (χ2n) is 2.80. The molecule has 4 heteroatoms. The molecular formula is C10H8ClNOS. The molecule has 1 rings (SSSR count). The Morgan fingerprint density at radius 1 is 1.57 bits per heavy atom. The van der Waals surface area contributed by atoms with Crippen LogP contribution >= 0.6 is 24.2 Å². The summed E-state index contributed by atoms with van der Waals surface area (Å²) < 4.78 is 0. The molecule has 0 bridgehead atoms. The van der Waals surface area contributed by atoms with E-state index >= 15 is 0 Å². The molecule has 72 valence electrons. The van der Waals surface area contributed by atoms with E-state index in [0.717, 1.165) is 5.56 Å². The Kier molecular flexibility index (Phi) is 3.99. The largest absolute Gasteiger partial charge is 0.298 e. The molecule has 14 heavy (non-hydrogen) atoms. The molecule has 0 saturated carbocycles. The summed E-state index contributed by atoms with van der Waals surface area (Å²) in [5.41, 5.74) is 1.24. The lowest BCUT2D eigenvalue weighted by molar-refractivity contribution is -0.115. The average Bonchev–Trinajstić information content (AvgIpc) is 2.18. The minimum absolute atomic E-state index is 0.0362. The summed E-state index contributed by atoms with van der Waals surface area (Å²) in [7, 11) is 0. The molecule has 0 spiro atoms. The number of rotatable bonds is 3. The number of carbonyl (C=O) groups is 1. The number of nitrogens with zero attached hydrogens (tertiary/aromatic N) is 1. The van der Waals surface area contributed by atoms with Crippen LogP contribution in [-0.4, -0.2) is 11.5 Å². The van der Waals surface area contributed by atoms with Crippen molar-refractivity contribution in [3.8, 4) is 6.07 Å². The third kappa shape index (κ3) is 2.76. The highest BCUT2D eigenvalue weighted by Gasteiger charge is 2.04. The molecule has 0 radical (unpaired) electrons. The first-order chi connectivity index (χ1) is 6.67. The van der Waals surface area contributed by atoms with Gasteiger partial charge in [0.2, 0.25) is 0 Å². The first kappa shape index (κ1) is 11.1. The predicted octanol–water partition coefficient (Wildman–Crippen LogP) is 2.25. The van der Waals surface area contributed by atoms with E-state index in [2.05, 4.69) is 12.6 Å². The Morgan fingerprint density at radius 2 is 2.29 bits per heavy atom. The fourth-order valence-electron chi connectivity index (χ4n) is 1.04. The van der Waals surface area contributed by atoms with Crippen LogP contribution in [0.2, 0.25) is 5.02 Å². The smallest absolute Gasteiger partial charge is 0.146 e. The van der Waals surface area contributed by atoms with E-state index in [1.54, 1.807) is 18.2 Å². The third-order valence-corrected chi connectivity index (χ3v) is 2.40. The predicted molar refractivity (Wildman–Crippen MR) is 58.7 cm³/mol. The Morgan fingerprint density at radius 3 is 2.79 bits per heavy atom. The zero-order valence-electron chi connectivity index (χ0n) is 7.33. The highest BCUT2D eigenvalue weighted by atomic mass is 35.5. The van der Waals surface area contributed by atoms with Crippen molar-refractivity contribution in [1.29, 1.82) is 5.26 Å². The van der Waals surface area contributed by atoms with E-state index in [0.29, 0.717) is 17.0 Å². The van der Waals surface area contributed by atoms with E-state index < -0.39 is 0 Å². The third-order valence-electron chi connectivity index (χ3n) is 1.73. The monoisotopic (exact) mass is 225 g/mol. The molecule has 0 aliphatic carbocycles. The van der Waals surface area contributed by atoms with E-state index in [1.165, 1.54) is 0 Å². The summed E-state index contributed by atoms with van der Waals surface area (Å²) in [6.45, 7) is 0. The number of hydrogen-bond acceptors (Lipinski definition) is 3. The summed E-state index contributed by atoms with van der Waals surface area (Å²) >= 11 is 9.68. The number of halogens is 1. The molecule has 0 unspecified atom stereocenters. The van der Waals surface area contributed by atoms with Gasteiger partial charge in [-0.3, -0.25) is 4.79 Å². The lowest BCUT2D eigenvalue weighted by Crippen LogP contribution is -2.03. The molecule has 0 atom stereocenters. The van der Waals surface area contributed by atoms with E-state index in [9.17, 15) is 4.79 Å². The summed E-state index contributed by atoms with van der Waals surface area (Å²) in [6.07, 6.45) is 0.314. The second kappa shape index (κ2) is 5.04. The molecule has 1 aromatic rings. The molecule has 0 N–H and O–H groups in total. The van der Waals surface area contributed by atoms with Gasteiger partial charge in [0, 0.05) is 12.2 Å². The number of carbonyl (C=O) groups excluding carboxylic acids is 1. The van der Waals surface area contributed by atoms with Crippen molar-refractivity contribution in [2.45, 2.75) is 6.42 Å². The van der Waals surface area contributed by atoms with Gasteiger partial charge in [-0.25, -0.2) is 0 Å². The van der Waals surface area contributed by atoms with Crippen molar-refractivity contribution < 1.29 is 4.79 Å². The van der Waals surface area contributed by atoms with Gasteiger partial charge in [0.05, 0.1) is 10.6 Å². The van der Waals surface area contributed by atoms with Crippen molar-refractivity contribution in [3.63, 3.8) is 0 Å². The number of ketones is 1. The molecule has 0 heterocycles. The van der Waals surface area contributed by atoms with Crippen LogP contribution in [0.3, 0.4) is 0 Å². The van der Waals surface area contributed by atoms with E-state index in [-0.39, 0.29) is 11.5 Å². The average molecular weight is 226 g/mol. The van der Waals surface area contributed by atoms with E-state index in [1.807, 2.05) is 6.07 Å². The van der Waals surface area contributed by atoms with E-state index in [4.69, 9.17) is 16.9 Å². The lowest BCUT2D eigenvalue weighted by atomic mass is 10.1. The zero-order valence-corrected chi connectivity index (χ0v) is 8.98. The van der Waals surface area contributed by atoms with Gasteiger partial charge in [-0.15, -0.1) is 0 Å². The summed E-state index contributed by atoms with van der Waals surface area (Å²) in [5.74, 6) is 0.256. The molecule has 1 aromatic carbocycles. The molecule has 0 aliphatic rings. The number of hydrogen-bond donors (Lipinski definition) is 1. The maximum atomic E-state index is 11.1. The second-order valence-corrected chi connectivity index (χ2v) is 3.52. The Hall–Kier alpha value is -0.980. The van der Waals surface area contributed by atoms with Crippen molar-refractivity contribution in [2.75, 3.05) is 5.75 Å². The molecule has 2 nitrogen and oxygen atoms in total. The standard InChI is InChI=1S/C10H8ClNOS/c11-10-4-7(3-9(13)6-14)1-2-8(10)5-12/h1-2,4,14H,3,6H2. The summed E-state index contributed by atoms with van der Waals surface area (Å²) in [6, 6.07) is 6.94. The quantitative estimate of drug-likeness (QED) is 0.802. The number of thiol groups is 1. The van der Waals surface area contributed by atoms with Gasteiger partial charge in [-0.05, 0) is 17.7 Å². The van der Waals surface area contributed by atoms with Gasteiger partial charge >= 0.3 is 0 Å². The highest BCUT2D eigenvalue weighted by Crippen LogP contribution is 2.17. The lowest BCUT2D eigenvalue weighted by Gasteiger charge is -2.00. The van der Waals surface area contributed by atoms with Crippen LogP contribution in [0.15, 0.2) is 18.2 Å². The molecule has 0 amide bonds. The van der Waals surface area contributed by atoms with Gasteiger partial charge in [0.25, 0.3) is 0 Å². The highest BCUT2D eigenvalue weighted by molar-refractivity contribution is 7.81. The minimum atomic E-state index is 0.0362. The first-order valence-electron chi connectivity index (χ1n) is 3.98. The SMILES string of the molecule is N#Cc1ccc(CC(=O)CS)cc1Cl. The zero-order chi connectivity index (χ0) is 10.6. The van der Waals surface area contributed by atoms with Crippen LogP contribution in [0.4, 0.5) is 0 Å². The van der Waals surface area contributed by atoms with Crippen LogP contribution in [0.25, 0.3) is 0 Å². The fraction of sp³-hybridized carbons (Fsp3) is 0.200. The first-order valence-corrected chi connectivity index (χ1v) is 4.99. The van der Waals surface area contributed by atoms with Gasteiger partial charge in [0.1, 0.15) is 11.9 Å². The number of nitriles is 1. The van der Waals surface area contributed by atoms with Crippen LogP contribution in [0.5, 0.6) is 0 Å². The minimum Gasteiger partial charge on any atom is -0.298 e. The Bertz CT molecular complexity index is 398. The van der Waals surface area contributed by atoms with Crippen LogP contribution in [-0.2, 0) is 11.2 Å². The van der Waals surface area contributed by atoms with Gasteiger partial charge in [0.15, 0.2) is 0 Å². The molecule has 0 aromatic heterocycles. The maximum Gasteiger partial charge on any atom is 0.146 e.